The van der Waals surface area contributed by atoms with Gasteiger partial charge in [0.25, 0.3) is 0 Å². The van der Waals surface area contributed by atoms with Crippen molar-refractivity contribution in [2.45, 2.75) is 26.3 Å². The molecule has 0 amide bonds. The van der Waals surface area contributed by atoms with Crippen molar-refractivity contribution in [1.29, 1.82) is 0 Å². The van der Waals surface area contributed by atoms with Crippen molar-refractivity contribution in [3.63, 3.8) is 0 Å². The Morgan fingerprint density at radius 2 is 2.25 bits per heavy atom. The lowest BCUT2D eigenvalue weighted by Gasteiger charge is -2.15. The van der Waals surface area contributed by atoms with Crippen LogP contribution < -0.4 is 5.32 Å². The minimum absolute atomic E-state index is 0.185. The summed E-state index contributed by atoms with van der Waals surface area (Å²) in [6.07, 6.45) is 6.42. The molecule has 0 spiro atoms. The molecule has 2 rings (SSSR count). The van der Waals surface area contributed by atoms with Gasteiger partial charge in [-0.05, 0) is 25.0 Å². The number of hydrogen-bond acceptors (Lipinski definition) is 3. The lowest BCUT2D eigenvalue weighted by Crippen LogP contribution is -2.12. The maximum absolute atomic E-state index is 4.32. The number of rotatable bonds is 4. The minimum Gasteiger partial charge on any atom is -0.360 e. The van der Waals surface area contributed by atoms with Gasteiger partial charge in [0.15, 0.2) is 0 Å². The molecule has 84 valence electrons. The van der Waals surface area contributed by atoms with E-state index in [9.17, 15) is 0 Å². The molecule has 0 fully saturated rings. The van der Waals surface area contributed by atoms with E-state index < -0.39 is 0 Å². The molecule has 0 aromatic carbocycles. The standard InChI is InChI=1S/C12H16N4/c1-3-10(12-13-6-7-14-12)16-11-5-4-9(2)8-15-11/h4-8,10H,3H2,1-2H3,(H,13,14)(H,15,16). The second-order valence-electron chi connectivity index (χ2n) is 3.80. The van der Waals surface area contributed by atoms with Crippen molar-refractivity contribution < 1.29 is 0 Å². The first-order valence-electron chi connectivity index (χ1n) is 5.48. The quantitative estimate of drug-likeness (QED) is 0.826. The van der Waals surface area contributed by atoms with Crippen LogP contribution in [-0.2, 0) is 0 Å². The maximum Gasteiger partial charge on any atom is 0.128 e. The lowest BCUT2D eigenvalue weighted by atomic mass is 10.2. The van der Waals surface area contributed by atoms with E-state index in [1.165, 1.54) is 0 Å². The summed E-state index contributed by atoms with van der Waals surface area (Å²) in [5.41, 5.74) is 1.16. The molecule has 0 radical (unpaired) electrons. The van der Waals surface area contributed by atoms with Gasteiger partial charge in [-0.3, -0.25) is 0 Å². The fourth-order valence-corrected chi connectivity index (χ4v) is 1.56. The number of nitrogens with one attached hydrogen (secondary N) is 2. The SMILES string of the molecule is CCC(Nc1ccc(C)cn1)c1ncc[nH]1. The van der Waals surface area contributed by atoms with Gasteiger partial charge in [-0.2, -0.15) is 0 Å². The highest BCUT2D eigenvalue weighted by Crippen LogP contribution is 2.17. The van der Waals surface area contributed by atoms with Crippen molar-refractivity contribution in [2.24, 2.45) is 0 Å². The Labute approximate surface area is 95.1 Å². The van der Waals surface area contributed by atoms with Crippen molar-refractivity contribution in [3.8, 4) is 0 Å². The molecule has 0 saturated carbocycles. The predicted octanol–water partition coefficient (Wildman–Crippen LogP) is 2.68. The van der Waals surface area contributed by atoms with Gasteiger partial charge >= 0.3 is 0 Å². The average Bonchev–Trinajstić information content (AvgIpc) is 2.82. The van der Waals surface area contributed by atoms with Gasteiger partial charge in [0, 0.05) is 18.6 Å². The van der Waals surface area contributed by atoms with E-state index in [0.717, 1.165) is 23.6 Å². The van der Waals surface area contributed by atoms with E-state index >= 15 is 0 Å². The Bertz CT molecular complexity index is 419. The number of imidazole rings is 1. The second-order valence-corrected chi connectivity index (χ2v) is 3.80. The molecule has 4 nitrogen and oxygen atoms in total. The van der Waals surface area contributed by atoms with Crippen LogP contribution in [0, 0.1) is 6.92 Å². The summed E-state index contributed by atoms with van der Waals surface area (Å²) in [5, 5.41) is 3.35. The van der Waals surface area contributed by atoms with Gasteiger partial charge in [-0.15, -0.1) is 0 Å². The third-order valence-electron chi connectivity index (χ3n) is 2.49. The summed E-state index contributed by atoms with van der Waals surface area (Å²) in [5.74, 6) is 1.83. The number of aromatic amines is 1. The van der Waals surface area contributed by atoms with Crippen LogP contribution in [0.1, 0.15) is 30.8 Å². The molecule has 1 unspecified atom stereocenters. The van der Waals surface area contributed by atoms with Crippen molar-refractivity contribution in [2.75, 3.05) is 5.32 Å². The number of pyridine rings is 1. The molecule has 2 N–H and O–H groups in total. The highest BCUT2D eigenvalue weighted by atomic mass is 15.1. The van der Waals surface area contributed by atoms with E-state index in [2.05, 4.69) is 27.2 Å². The summed E-state index contributed by atoms with van der Waals surface area (Å²) >= 11 is 0. The van der Waals surface area contributed by atoms with Crippen molar-refractivity contribution in [1.82, 2.24) is 15.0 Å². The van der Waals surface area contributed by atoms with Crippen LogP contribution in [0.2, 0.25) is 0 Å². The largest absolute Gasteiger partial charge is 0.360 e. The van der Waals surface area contributed by atoms with Gasteiger partial charge in [0.05, 0.1) is 6.04 Å². The molecule has 4 heteroatoms. The number of aromatic nitrogens is 3. The molecule has 1 atom stereocenters. The normalized spacial score (nSPS) is 12.4. The summed E-state index contributed by atoms with van der Waals surface area (Å²) in [6, 6.07) is 4.22. The first kappa shape index (κ1) is 10.7. The zero-order valence-electron chi connectivity index (χ0n) is 9.57. The fraction of sp³-hybridized carbons (Fsp3) is 0.333. The third-order valence-corrected chi connectivity index (χ3v) is 2.49. The number of anilines is 1. The molecular weight excluding hydrogens is 200 g/mol. The van der Waals surface area contributed by atoms with Crippen LogP contribution in [0.25, 0.3) is 0 Å². The molecular formula is C12H16N4. The van der Waals surface area contributed by atoms with Gasteiger partial charge in [0.1, 0.15) is 11.6 Å². The molecule has 0 saturated heterocycles. The Morgan fingerprint density at radius 3 is 2.81 bits per heavy atom. The van der Waals surface area contributed by atoms with Gasteiger partial charge in [-0.25, -0.2) is 9.97 Å². The van der Waals surface area contributed by atoms with Crippen LogP contribution >= 0.6 is 0 Å². The number of H-pyrrole nitrogens is 1. The summed E-state index contributed by atoms with van der Waals surface area (Å²) in [4.78, 5) is 11.7. The third kappa shape index (κ3) is 2.39. The van der Waals surface area contributed by atoms with Crippen LogP contribution in [0.3, 0.4) is 0 Å². The average molecular weight is 216 g/mol. The highest BCUT2D eigenvalue weighted by Gasteiger charge is 2.11. The van der Waals surface area contributed by atoms with E-state index in [1.54, 1.807) is 6.20 Å². The Morgan fingerprint density at radius 1 is 1.38 bits per heavy atom. The van der Waals surface area contributed by atoms with E-state index in [4.69, 9.17) is 0 Å². The molecule has 0 bridgehead atoms. The van der Waals surface area contributed by atoms with E-state index in [0.29, 0.717) is 0 Å². The Hall–Kier alpha value is -1.84. The predicted molar refractivity (Wildman–Crippen MR) is 64.2 cm³/mol. The summed E-state index contributed by atoms with van der Waals surface area (Å²) in [7, 11) is 0. The molecule has 0 aliphatic heterocycles. The molecule has 0 aliphatic rings. The van der Waals surface area contributed by atoms with E-state index in [-0.39, 0.29) is 6.04 Å². The first-order valence-corrected chi connectivity index (χ1v) is 5.48. The zero-order chi connectivity index (χ0) is 11.4. The van der Waals surface area contributed by atoms with Crippen molar-refractivity contribution in [3.05, 3.63) is 42.1 Å². The van der Waals surface area contributed by atoms with Crippen LogP contribution in [-0.4, -0.2) is 15.0 Å². The molecule has 2 aromatic rings. The first-order chi connectivity index (χ1) is 7.79. The lowest BCUT2D eigenvalue weighted by molar-refractivity contribution is 0.700. The topological polar surface area (TPSA) is 53.6 Å². The van der Waals surface area contributed by atoms with Gasteiger partial charge in [-0.1, -0.05) is 13.0 Å². The maximum atomic E-state index is 4.32. The summed E-state index contributed by atoms with van der Waals surface area (Å²) < 4.78 is 0. The Kier molecular flexibility index (Phi) is 3.19. The smallest absolute Gasteiger partial charge is 0.128 e. The monoisotopic (exact) mass is 216 g/mol. The second kappa shape index (κ2) is 4.79. The molecule has 2 heterocycles. The molecule has 0 aliphatic carbocycles. The summed E-state index contributed by atoms with van der Waals surface area (Å²) in [6.45, 7) is 4.15. The van der Waals surface area contributed by atoms with Crippen LogP contribution in [0.5, 0.6) is 0 Å². The van der Waals surface area contributed by atoms with Crippen LogP contribution in [0.4, 0.5) is 5.82 Å². The number of nitrogens with zero attached hydrogens (tertiary/aromatic N) is 2. The minimum atomic E-state index is 0.185. The van der Waals surface area contributed by atoms with Crippen molar-refractivity contribution >= 4 is 5.82 Å². The van der Waals surface area contributed by atoms with Crippen LogP contribution in [0.15, 0.2) is 30.7 Å². The zero-order valence-corrected chi connectivity index (χ0v) is 9.57. The Balaban J connectivity index is 2.10. The van der Waals surface area contributed by atoms with Gasteiger partial charge < -0.3 is 10.3 Å². The van der Waals surface area contributed by atoms with Gasteiger partial charge in [0.2, 0.25) is 0 Å². The molecule has 16 heavy (non-hydrogen) atoms. The number of aryl methyl sites for hydroxylation is 1. The van der Waals surface area contributed by atoms with E-state index in [1.807, 2.05) is 31.5 Å². The highest BCUT2D eigenvalue weighted by molar-refractivity contribution is 5.37. The molecule has 2 aromatic heterocycles. The number of hydrogen-bond donors (Lipinski definition) is 2. The fourth-order valence-electron chi connectivity index (χ4n) is 1.56.